The number of nitrogens with one attached hydrogen (secondary N) is 1. The summed E-state index contributed by atoms with van der Waals surface area (Å²) in [6, 6.07) is 3.59. The minimum atomic E-state index is -1.00. The molecule has 0 fully saturated rings. The summed E-state index contributed by atoms with van der Waals surface area (Å²) in [5.41, 5.74) is 0.348. The van der Waals surface area contributed by atoms with Gasteiger partial charge in [0.25, 0.3) is 0 Å². The minimum Gasteiger partial charge on any atom is -0.478 e. The monoisotopic (exact) mass is 347 g/mol. The van der Waals surface area contributed by atoms with Crippen LogP contribution in [0.5, 0.6) is 0 Å². The van der Waals surface area contributed by atoms with Gasteiger partial charge in [0.15, 0.2) is 0 Å². The molecule has 0 bridgehead atoms. The van der Waals surface area contributed by atoms with Crippen molar-refractivity contribution in [3.05, 3.63) is 50.1 Å². The van der Waals surface area contributed by atoms with Crippen LogP contribution in [0.15, 0.2) is 28.1 Å². The molecule has 19 heavy (non-hydrogen) atoms. The van der Waals surface area contributed by atoms with E-state index in [1.807, 2.05) is 0 Å². The number of aromatic carboxylic acids is 1. The van der Waals surface area contributed by atoms with Crippen molar-refractivity contribution in [1.82, 2.24) is 0 Å². The van der Waals surface area contributed by atoms with Crippen molar-refractivity contribution in [3.8, 4) is 0 Å². The molecule has 1 aromatic carbocycles. The molecule has 0 amide bonds. The summed E-state index contributed by atoms with van der Waals surface area (Å²) in [6.07, 6.45) is 0. The van der Waals surface area contributed by atoms with Gasteiger partial charge in [-0.15, -0.1) is 11.3 Å². The third-order valence-corrected chi connectivity index (χ3v) is 3.91. The Hall–Kier alpha value is -1.47. The number of carboxylic acids is 1. The van der Waals surface area contributed by atoms with Crippen molar-refractivity contribution in [3.63, 3.8) is 0 Å². The number of carbonyl (C=O) groups is 1. The average molecular weight is 348 g/mol. The van der Waals surface area contributed by atoms with E-state index < -0.39 is 17.6 Å². The van der Waals surface area contributed by atoms with Crippen LogP contribution in [-0.4, -0.2) is 11.1 Å². The minimum absolute atomic E-state index is 0.151. The van der Waals surface area contributed by atoms with Gasteiger partial charge in [-0.1, -0.05) is 0 Å². The van der Waals surface area contributed by atoms with E-state index in [0.29, 0.717) is 0 Å². The van der Waals surface area contributed by atoms with Gasteiger partial charge in [0.1, 0.15) is 11.6 Å². The number of hydrogen-bond acceptors (Lipinski definition) is 3. The van der Waals surface area contributed by atoms with Gasteiger partial charge in [-0.25, -0.2) is 13.6 Å². The summed E-state index contributed by atoms with van der Waals surface area (Å²) in [5, 5.41) is 13.1. The van der Waals surface area contributed by atoms with Crippen LogP contribution in [0.3, 0.4) is 0 Å². The van der Waals surface area contributed by atoms with E-state index in [1.165, 1.54) is 28.8 Å². The normalized spacial score (nSPS) is 10.5. The molecule has 0 unspecified atom stereocenters. The predicted molar refractivity (Wildman–Crippen MR) is 72.7 cm³/mol. The molecule has 0 radical (unpaired) electrons. The van der Waals surface area contributed by atoms with E-state index in [9.17, 15) is 13.6 Å². The fourth-order valence-electron chi connectivity index (χ4n) is 1.43. The molecule has 2 rings (SSSR count). The Morgan fingerprint density at radius 3 is 2.68 bits per heavy atom. The topological polar surface area (TPSA) is 49.3 Å². The highest BCUT2D eigenvalue weighted by molar-refractivity contribution is 9.10. The molecule has 3 nitrogen and oxygen atoms in total. The Balaban J connectivity index is 2.09. The zero-order chi connectivity index (χ0) is 14.0. The molecule has 0 saturated heterocycles. The third-order valence-electron chi connectivity index (χ3n) is 2.36. The molecule has 2 N–H and O–H groups in total. The Morgan fingerprint density at radius 2 is 2.05 bits per heavy atom. The molecule has 100 valence electrons. The van der Waals surface area contributed by atoms with Crippen LogP contribution < -0.4 is 5.32 Å². The molecule has 1 aromatic heterocycles. The van der Waals surface area contributed by atoms with Gasteiger partial charge in [0.05, 0.1) is 15.7 Å². The van der Waals surface area contributed by atoms with Crippen LogP contribution in [0.2, 0.25) is 0 Å². The molecule has 0 saturated carbocycles. The van der Waals surface area contributed by atoms with Gasteiger partial charge < -0.3 is 10.4 Å². The van der Waals surface area contributed by atoms with Crippen LogP contribution in [0.25, 0.3) is 0 Å². The highest BCUT2D eigenvalue weighted by Gasteiger charge is 2.10. The Morgan fingerprint density at radius 1 is 1.32 bits per heavy atom. The molecule has 2 aromatic rings. The van der Waals surface area contributed by atoms with Gasteiger partial charge >= 0.3 is 5.97 Å². The summed E-state index contributed by atoms with van der Waals surface area (Å²) in [7, 11) is 0. The average Bonchev–Trinajstić information content (AvgIpc) is 2.81. The van der Waals surface area contributed by atoms with Gasteiger partial charge in [-0.2, -0.15) is 0 Å². The molecule has 1 heterocycles. The second kappa shape index (κ2) is 5.66. The molecule has 0 atom stereocenters. The Bertz CT molecular complexity index is 630. The lowest BCUT2D eigenvalue weighted by Gasteiger charge is -2.07. The first-order chi connectivity index (χ1) is 8.97. The Kier molecular flexibility index (Phi) is 4.16. The maximum Gasteiger partial charge on any atom is 0.336 e. The van der Waals surface area contributed by atoms with Gasteiger partial charge in [-0.3, -0.25) is 0 Å². The van der Waals surface area contributed by atoms with Crippen molar-refractivity contribution >= 4 is 38.9 Å². The smallest absolute Gasteiger partial charge is 0.336 e. The summed E-state index contributed by atoms with van der Waals surface area (Å²) in [4.78, 5) is 11.5. The lowest BCUT2D eigenvalue weighted by atomic mass is 10.3. The number of thiophene rings is 1. The Labute approximate surface area is 120 Å². The van der Waals surface area contributed by atoms with E-state index in [-0.39, 0.29) is 22.3 Å². The maximum absolute atomic E-state index is 13.5. The fourth-order valence-corrected chi connectivity index (χ4v) is 2.57. The first-order valence-corrected chi connectivity index (χ1v) is 6.83. The third kappa shape index (κ3) is 3.30. The summed E-state index contributed by atoms with van der Waals surface area (Å²) in [5.74, 6) is -2.37. The second-order valence-electron chi connectivity index (χ2n) is 3.71. The fraction of sp³-hybridized carbons (Fsp3) is 0.0833. The van der Waals surface area contributed by atoms with E-state index in [4.69, 9.17) is 5.11 Å². The van der Waals surface area contributed by atoms with Crippen LogP contribution in [0.1, 0.15) is 15.2 Å². The lowest BCUT2D eigenvalue weighted by Crippen LogP contribution is -2.01. The molecular weight excluding hydrogens is 340 g/mol. The van der Waals surface area contributed by atoms with Crippen LogP contribution in [0, 0.1) is 11.6 Å². The van der Waals surface area contributed by atoms with Crippen molar-refractivity contribution in [1.29, 1.82) is 0 Å². The summed E-state index contributed by atoms with van der Waals surface area (Å²) >= 11 is 4.23. The number of anilines is 1. The van der Waals surface area contributed by atoms with Crippen molar-refractivity contribution < 1.29 is 18.7 Å². The van der Waals surface area contributed by atoms with E-state index >= 15 is 0 Å². The number of rotatable bonds is 4. The summed E-state index contributed by atoms with van der Waals surface area (Å²) in [6.45, 7) is 0.271. The van der Waals surface area contributed by atoms with Crippen LogP contribution in [-0.2, 0) is 6.54 Å². The van der Waals surface area contributed by atoms with Crippen LogP contribution >= 0.6 is 27.3 Å². The maximum atomic E-state index is 13.5. The second-order valence-corrected chi connectivity index (χ2v) is 5.56. The highest BCUT2D eigenvalue weighted by Crippen LogP contribution is 2.25. The quantitative estimate of drug-likeness (QED) is 0.818. The van der Waals surface area contributed by atoms with Gasteiger partial charge in [0.2, 0.25) is 0 Å². The van der Waals surface area contributed by atoms with E-state index in [0.717, 1.165) is 10.9 Å². The molecule has 0 aliphatic heterocycles. The number of hydrogen-bond donors (Lipinski definition) is 2. The van der Waals surface area contributed by atoms with Crippen molar-refractivity contribution in [2.75, 3.05) is 5.32 Å². The summed E-state index contributed by atoms with van der Waals surface area (Å²) < 4.78 is 26.7. The SMILES string of the molecule is O=C(O)c1csc(CNc2cc(Br)c(F)cc2F)c1. The largest absolute Gasteiger partial charge is 0.478 e. The van der Waals surface area contributed by atoms with E-state index in [2.05, 4.69) is 21.2 Å². The first kappa shape index (κ1) is 14.0. The molecule has 0 aliphatic carbocycles. The van der Waals surface area contributed by atoms with Crippen molar-refractivity contribution in [2.45, 2.75) is 6.54 Å². The van der Waals surface area contributed by atoms with Crippen molar-refractivity contribution in [2.24, 2.45) is 0 Å². The first-order valence-electron chi connectivity index (χ1n) is 5.16. The van der Waals surface area contributed by atoms with Crippen LogP contribution in [0.4, 0.5) is 14.5 Å². The predicted octanol–water partition coefficient (Wildman–Crippen LogP) is 4.10. The highest BCUT2D eigenvalue weighted by atomic mass is 79.9. The molecule has 0 aliphatic rings. The molecule has 7 heteroatoms. The standard InChI is InChI=1S/C12H8BrF2NO2S/c13-8-2-11(10(15)3-9(8)14)16-4-7-1-6(5-19-7)12(17)18/h1-3,5,16H,4H2,(H,17,18). The number of carboxylic acid groups (broad SMARTS) is 1. The zero-order valence-electron chi connectivity index (χ0n) is 9.41. The van der Waals surface area contributed by atoms with Gasteiger partial charge in [0, 0.05) is 22.9 Å². The lowest BCUT2D eigenvalue weighted by molar-refractivity contribution is 0.0697. The number of halogens is 3. The van der Waals surface area contributed by atoms with Gasteiger partial charge in [-0.05, 0) is 28.1 Å². The number of benzene rings is 1. The van der Waals surface area contributed by atoms with E-state index in [1.54, 1.807) is 0 Å². The zero-order valence-corrected chi connectivity index (χ0v) is 11.8. The molecular formula is C12H8BrF2NO2S. The molecule has 0 spiro atoms.